The van der Waals surface area contributed by atoms with Gasteiger partial charge in [-0.15, -0.1) is 0 Å². The molecule has 0 aromatic carbocycles. The van der Waals surface area contributed by atoms with Crippen LogP contribution in [-0.4, -0.2) is 61.4 Å². The van der Waals surface area contributed by atoms with Crippen molar-refractivity contribution < 1.29 is 11.0 Å². The lowest BCUT2D eigenvalue weighted by molar-refractivity contribution is 0.0728. The van der Waals surface area contributed by atoms with E-state index in [1.807, 2.05) is 32.1 Å². The number of nitrogens with zero attached hydrogens (tertiary/aromatic N) is 4. The number of aromatic nitrogens is 2. The maximum atomic E-state index is 13.3. The Morgan fingerprint density at radius 2 is 2.03 bits per heavy atom. The number of fused-ring (bicyclic) bond motifs is 1. The largest absolute Gasteiger partial charge is 0.342 e. The Kier molecular flexibility index (Phi) is 6.45. The minimum absolute atomic E-state index is 0. The molecule has 1 saturated heterocycles. The molecule has 192 valence electrons. The molecule has 2 amide bonds. The summed E-state index contributed by atoms with van der Waals surface area (Å²) in [5, 5.41) is 20.0. The molecule has 0 bridgehead atoms. The number of carbonyl (C=O) groups excluding carboxylic acids is 2. The molecule has 1 fully saturated rings. The number of carbonyl (C=O) groups is 2. The van der Waals surface area contributed by atoms with Gasteiger partial charge in [-0.05, 0) is 61.6 Å². The summed E-state index contributed by atoms with van der Waals surface area (Å²) in [4.78, 5) is 38.2. The van der Waals surface area contributed by atoms with E-state index in [1.54, 1.807) is 46.5 Å². The lowest BCUT2D eigenvalue weighted by Crippen LogP contribution is -2.47. The fourth-order valence-electron chi connectivity index (χ4n) is 5.22. The van der Waals surface area contributed by atoms with Gasteiger partial charge in [0.25, 0.3) is 11.8 Å². The number of amides is 2. The lowest BCUT2D eigenvalue weighted by atomic mass is 9.87. The maximum Gasteiger partial charge on any atom is 0.272 e. The van der Waals surface area contributed by atoms with Gasteiger partial charge in [0.2, 0.25) is 0 Å². The van der Waals surface area contributed by atoms with E-state index in [4.69, 9.17) is 10.8 Å². The van der Waals surface area contributed by atoms with E-state index in [0.29, 0.717) is 55.4 Å². The molecule has 4 heterocycles. The molecule has 2 aliphatic heterocycles. The molecule has 1 aliphatic carbocycles. The van der Waals surface area contributed by atoms with Gasteiger partial charge in [-0.1, -0.05) is 24.3 Å². The van der Waals surface area contributed by atoms with Crippen LogP contribution in [0, 0.1) is 10.8 Å². The Morgan fingerprint density at radius 3 is 2.76 bits per heavy atom. The third-order valence-electron chi connectivity index (χ3n) is 7.29. The van der Waals surface area contributed by atoms with E-state index in [0.717, 1.165) is 23.1 Å². The van der Waals surface area contributed by atoms with E-state index in [2.05, 4.69) is 15.3 Å². The first-order valence-corrected chi connectivity index (χ1v) is 12.6. The smallest absolute Gasteiger partial charge is 0.272 e. The van der Waals surface area contributed by atoms with Gasteiger partial charge in [0.05, 0.1) is 5.54 Å². The monoisotopic (exact) mass is 499 g/mol. The average molecular weight is 500 g/mol. The molecule has 3 N–H and O–H groups in total. The summed E-state index contributed by atoms with van der Waals surface area (Å²) in [6.07, 6.45) is 11.7. The van der Waals surface area contributed by atoms with Crippen LogP contribution in [0.15, 0.2) is 60.5 Å². The molecule has 2 atom stereocenters. The molecule has 5 rings (SSSR count). The highest BCUT2D eigenvalue weighted by molar-refractivity contribution is 6.08. The van der Waals surface area contributed by atoms with Crippen molar-refractivity contribution in [2.45, 2.75) is 57.7 Å². The van der Waals surface area contributed by atoms with Crippen LogP contribution in [-0.2, 0) is 13.0 Å². The molecule has 0 saturated carbocycles. The molecule has 0 spiro atoms. The molecule has 2 aromatic rings. The maximum absolute atomic E-state index is 13.3. The summed E-state index contributed by atoms with van der Waals surface area (Å²) in [7, 11) is 0. The van der Waals surface area contributed by atoms with Gasteiger partial charge in [0, 0.05) is 45.8 Å². The van der Waals surface area contributed by atoms with Gasteiger partial charge in [0.15, 0.2) is 0 Å². The van der Waals surface area contributed by atoms with E-state index >= 15 is 0 Å². The zero-order valence-electron chi connectivity index (χ0n) is 21.1. The Hall–Kier alpha value is -4.14. The van der Waals surface area contributed by atoms with Gasteiger partial charge in [-0.2, -0.15) is 0 Å². The Morgan fingerprint density at radius 1 is 1.19 bits per heavy atom. The highest BCUT2D eigenvalue weighted by Crippen LogP contribution is 2.29. The van der Waals surface area contributed by atoms with Gasteiger partial charge in [-0.25, -0.2) is 0 Å². The Bertz CT molecular complexity index is 1340. The predicted molar refractivity (Wildman–Crippen MR) is 143 cm³/mol. The predicted octanol–water partition coefficient (Wildman–Crippen LogP) is 3.73. The first-order chi connectivity index (χ1) is 17.7. The number of hydrogen-bond donors (Lipinski definition) is 3. The second-order valence-corrected chi connectivity index (χ2v) is 10.2. The highest BCUT2D eigenvalue weighted by Gasteiger charge is 2.34. The van der Waals surface area contributed by atoms with Crippen molar-refractivity contribution in [1.29, 1.82) is 10.8 Å². The minimum atomic E-state index is -0.697. The highest BCUT2D eigenvalue weighted by atomic mass is 16.2. The molecule has 9 heteroatoms. The molecule has 37 heavy (non-hydrogen) atoms. The summed E-state index contributed by atoms with van der Waals surface area (Å²) >= 11 is 0. The summed E-state index contributed by atoms with van der Waals surface area (Å²) < 4.78 is 0. The number of likely N-dealkylation sites (tertiary alicyclic amines) is 1. The SMILES string of the molecule is C[C@@H]1CCC(=N)N1C(=N)C1=CC=CC(C)(NC(=O)c2cc3c(cn2)CCN(C(=O)c2ccccn2)C3)C1.[HH]. The van der Waals surface area contributed by atoms with Crippen molar-refractivity contribution >= 4 is 23.5 Å². The number of pyridine rings is 2. The minimum Gasteiger partial charge on any atom is -0.342 e. The van der Waals surface area contributed by atoms with E-state index in [1.165, 1.54) is 0 Å². The standard InChI is InChI=1S/C28H31N7O2.H2/c1-18-8-9-24(29)35(18)25(30)19-6-5-11-28(2,15-19)33-26(36)23-14-21-17-34(13-10-20(21)16-32-23)27(37)22-7-3-4-12-31-22;/h3-7,11-12,14,16,18,29-30H,8-10,13,15,17H2,1-2H3,(H,33,36);1H/t18-,28?;/m1./s1. The fraction of sp³-hybridized carbons (Fsp3) is 0.357. The normalized spacial score (nSPS) is 22.9. The van der Waals surface area contributed by atoms with Crippen LogP contribution in [0.1, 0.15) is 66.6 Å². The molecular formula is C28H33N7O2. The Labute approximate surface area is 217 Å². The second-order valence-electron chi connectivity index (χ2n) is 10.2. The van der Waals surface area contributed by atoms with Gasteiger partial charge in [-0.3, -0.25) is 30.4 Å². The molecule has 9 nitrogen and oxygen atoms in total. The van der Waals surface area contributed by atoms with Gasteiger partial charge in [0.1, 0.15) is 23.1 Å². The van der Waals surface area contributed by atoms with Crippen molar-refractivity contribution in [3.8, 4) is 0 Å². The van der Waals surface area contributed by atoms with E-state index in [9.17, 15) is 9.59 Å². The van der Waals surface area contributed by atoms with Crippen LogP contribution >= 0.6 is 0 Å². The average Bonchev–Trinajstić information content (AvgIpc) is 3.24. The number of allylic oxidation sites excluding steroid dienone is 2. The number of nitrogens with one attached hydrogen (secondary N) is 3. The number of hydrogen-bond acceptors (Lipinski definition) is 6. The second kappa shape index (κ2) is 9.72. The summed E-state index contributed by atoms with van der Waals surface area (Å²) in [6.45, 7) is 4.93. The topological polar surface area (TPSA) is 126 Å². The zero-order valence-corrected chi connectivity index (χ0v) is 21.1. The molecule has 2 aromatic heterocycles. The van der Waals surface area contributed by atoms with Gasteiger partial charge < -0.3 is 15.1 Å². The first kappa shape index (κ1) is 24.5. The molecular weight excluding hydrogens is 466 g/mol. The van der Waals surface area contributed by atoms with Gasteiger partial charge >= 0.3 is 0 Å². The summed E-state index contributed by atoms with van der Waals surface area (Å²) in [6, 6.07) is 7.17. The van der Waals surface area contributed by atoms with Crippen LogP contribution < -0.4 is 5.32 Å². The first-order valence-electron chi connectivity index (χ1n) is 12.6. The van der Waals surface area contributed by atoms with Crippen molar-refractivity contribution in [3.05, 3.63) is 83.0 Å². The lowest BCUT2D eigenvalue weighted by Gasteiger charge is -2.34. The Balaban J connectivity index is 0.00000336. The number of rotatable bonds is 4. The zero-order chi connectivity index (χ0) is 26.2. The number of amidine groups is 2. The molecule has 1 unspecified atom stereocenters. The van der Waals surface area contributed by atoms with Crippen LogP contribution in [0.2, 0.25) is 0 Å². The molecule has 3 aliphatic rings. The summed E-state index contributed by atoms with van der Waals surface area (Å²) in [5.41, 5.74) is 2.72. The van der Waals surface area contributed by atoms with Crippen LogP contribution in [0.3, 0.4) is 0 Å². The van der Waals surface area contributed by atoms with Crippen molar-refractivity contribution in [2.24, 2.45) is 0 Å². The van der Waals surface area contributed by atoms with E-state index in [-0.39, 0.29) is 19.3 Å². The van der Waals surface area contributed by atoms with Crippen LogP contribution in [0.25, 0.3) is 0 Å². The third kappa shape index (κ3) is 4.94. The third-order valence-corrected chi connectivity index (χ3v) is 7.29. The fourth-order valence-corrected chi connectivity index (χ4v) is 5.22. The van der Waals surface area contributed by atoms with E-state index < -0.39 is 5.54 Å². The van der Waals surface area contributed by atoms with Crippen LogP contribution in [0.5, 0.6) is 0 Å². The van der Waals surface area contributed by atoms with Crippen molar-refractivity contribution in [2.75, 3.05) is 6.54 Å². The van der Waals surface area contributed by atoms with Crippen molar-refractivity contribution in [1.82, 2.24) is 25.1 Å². The summed E-state index contributed by atoms with van der Waals surface area (Å²) in [5.74, 6) is 0.353. The van der Waals surface area contributed by atoms with Crippen LogP contribution in [0.4, 0.5) is 0 Å². The molecule has 0 radical (unpaired) electrons. The quantitative estimate of drug-likeness (QED) is 0.436. The van der Waals surface area contributed by atoms with Crippen molar-refractivity contribution in [3.63, 3.8) is 0 Å².